The van der Waals surface area contributed by atoms with Gasteiger partial charge in [0.15, 0.2) is 17.3 Å². The van der Waals surface area contributed by atoms with Crippen LogP contribution in [-0.2, 0) is 6.42 Å². The number of hydrogen-bond donors (Lipinski definition) is 2. The predicted molar refractivity (Wildman–Crippen MR) is 64.0 cm³/mol. The lowest BCUT2D eigenvalue weighted by Crippen LogP contribution is -2.35. The number of phenolic OH excluding ortho intramolecular Hbond substituents is 1. The molecule has 2 N–H and O–H groups in total. The van der Waals surface area contributed by atoms with Crippen molar-refractivity contribution in [2.45, 2.75) is 31.7 Å². The number of rotatable bonds is 3. The van der Waals surface area contributed by atoms with Crippen LogP contribution in [0.15, 0.2) is 12.1 Å². The Bertz CT molecular complexity index is 366. The van der Waals surface area contributed by atoms with Crippen molar-refractivity contribution in [3.8, 4) is 11.5 Å². The maximum Gasteiger partial charge on any atom is 0.196 e. The van der Waals surface area contributed by atoms with Crippen LogP contribution in [0.1, 0.15) is 24.8 Å². The molecule has 1 aliphatic heterocycles. The van der Waals surface area contributed by atoms with Gasteiger partial charge >= 0.3 is 0 Å². The van der Waals surface area contributed by atoms with E-state index >= 15 is 0 Å². The molecule has 0 amide bonds. The van der Waals surface area contributed by atoms with Crippen LogP contribution in [0.4, 0.5) is 4.39 Å². The maximum absolute atomic E-state index is 13.6. The van der Waals surface area contributed by atoms with Crippen LogP contribution in [0.2, 0.25) is 0 Å². The van der Waals surface area contributed by atoms with E-state index in [0.29, 0.717) is 6.04 Å². The van der Waals surface area contributed by atoms with E-state index in [1.807, 2.05) is 0 Å². The quantitative estimate of drug-likeness (QED) is 0.850. The minimum absolute atomic E-state index is 0.0784. The average molecular weight is 239 g/mol. The highest BCUT2D eigenvalue weighted by Gasteiger charge is 2.16. The fourth-order valence-corrected chi connectivity index (χ4v) is 2.34. The molecule has 1 unspecified atom stereocenters. The molecule has 0 spiro atoms. The molecule has 0 aromatic heterocycles. The van der Waals surface area contributed by atoms with Crippen molar-refractivity contribution in [2.24, 2.45) is 0 Å². The normalized spacial score (nSPS) is 20.2. The highest BCUT2D eigenvalue weighted by molar-refractivity contribution is 5.43. The van der Waals surface area contributed by atoms with Crippen LogP contribution in [0.25, 0.3) is 0 Å². The Kier molecular flexibility index (Phi) is 3.84. The minimum Gasteiger partial charge on any atom is -0.504 e. The smallest absolute Gasteiger partial charge is 0.196 e. The van der Waals surface area contributed by atoms with Gasteiger partial charge in [-0.25, -0.2) is 4.39 Å². The first-order chi connectivity index (χ1) is 8.20. The van der Waals surface area contributed by atoms with Crippen LogP contribution in [-0.4, -0.2) is 24.8 Å². The second-order valence-electron chi connectivity index (χ2n) is 4.48. The lowest BCUT2D eigenvalue weighted by Gasteiger charge is -2.23. The summed E-state index contributed by atoms with van der Waals surface area (Å²) in [4.78, 5) is 0. The molecule has 94 valence electrons. The molecule has 3 nitrogen and oxygen atoms in total. The zero-order valence-corrected chi connectivity index (χ0v) is 10.0. The van der Waals surface area contributed by atoms with Crippen LogP contribution in [0, 0.1) is 5.82 Å². The van der Waals surface area contributed by atoms with Gasteiger partial charge in [0.2, 0.25) is 0 Å². The van der Waals surface area contributed by atoms with Crippen molar-refractivity contribution in [3.05, 3.63) is 23.5 Å². The summed E-state index contributed by atoms with van der Waals surface area (Å²) < 4.78 is 18.3. The number of halogens is 1. The van der Waals surface area contributed by atoms with E-state index in [9.17, 15) is 9.50 Å². The highest BCUT2D eigenvalue weighted by Crippen LogP contribution is 2.30. The van der Waals surface area contributed by atoms with Crippen molar-refractivity contribution in [3.63, 3.8) is 0 Å². The van der Waals surface area contributed by atoms with Crippen LogP contribution < -0.4 is 10.1 Å². The summed E-state index contributed by atoms with van der Waals surface area (Å²) in [5.74, 6) is -0.707. The van der Waals surface area contributed by atoms with Crippen LogP contribution >= 0.6 is 0 Å². The summed E-state index contributed by atoms with van der Waals surface area (Å²) in [6.45, 7) is 1.02. The minimum atomic E-state index is -0.502. The van der Waals surface area contributed by atoms with Crippen LogP contribution in [0.5, 0.6) is 11.5 Å². The van der Waals surface area contributed by atoms with E-state index in [1.54, 1.807) is 6.07 Å². The van der Waals surface area contributed by atoms with Gasteiger partial charge in [-0.05, 0) is 43.5 Å². The first kappa shape index (κ1) is 12.2. The molecule has 1 aliphatic rings. The summed E-state index contributed by atoms with van der Waals surface area (Å²) >= 11 is 0. The van der Waals surface area contributed by atoms with Crippen molar-refractivity contribution in [2.75, 3.05) is 13.7 Å². The third kappa shape index (κ3) is 2.88. The van der Waals surface area contributed by atoms with Crippen molar-refractivity contribution in [1.82, 2.24) is 5.32 Å². The summed E-state index contributed by atoms with van der Waals surface area (Å²) in [7, 11) is 1.35. The Labute approximate surface area is 101 Å². The molecule has 1 fully saturated rings. The Hall–Kier alpha value is -1.29. The van der Waals surface area contributed by atoms with E-state index in [2.05, 4.69) is 5.32 Å². The molecular weight excluding hydrogens is 221 g/mol. The zero-order chi connectivity index (χ0) is 12.3. The first-order valence-corrected chi connectivity index (χ1v) is 5.99. The number of piperidine rings is 1. The Morgan fingerprint density at radius 1 is 1.47 bits per heavy atom. The summed E-state index contributed by atoms with van der Waals surface area (Å²) in [5, 5.41) is 13.0. The fraction of sp³-hybridized carbons (Fsp3) is 0.538. The van der Waals surface area contributed by atoms with E-state index < -0.39 is 5.82 Å². The summed E-state index contributed by atoms with van der Waals surface area (Å²) in [6, 6.07) is 3.41. The van der Waals surface area contributed by atoms with Crippen LogP contribution in [0.3, 0.4) is 0 Å². The number of benzene rings is 1. The maximum atomic E-state index is 13.6. The lowest BCUT2D eigenvalue weighted by atomic mass is 9.97. The van der Waals surface area contributed by atoms with Gasteiger partial charge in [0.1, 0.15) is 0 Å². The first-order valence-electron chi connectivity index (χ1n) is 5.99. The topological polar surface area (TPSA) is 41.5 Å². The fourth-order valence-electron chi connectivity index (χ4n) is 2.34. The van der Waals surface area contributed by atoms with E-state index in [4.69, 9.17) is 4.74 Å². The molecule has 2 rings (SSSR count). The zero-order valence-electron chi connectivity index (χ0n) is 10.0. The summed E-state index contributed by atoms with van der Waals surface area (Å²) in [5.41, 5.74) is 0.806. The molecule has 0 bridgehead atoms. The monoisotopic (exact) mass is 239 g/mol. The lowest BCUT2D eigenvalue weighted by molar-refractivity contribution is 0.349. The number of nitrogens with one attached hydrogen (secondary N) is 1. The van der Waals surface area contributed by atoms with Gasteiger partial charge in [-0.15, -0.1) is 0 Å². The van der Waals surface area contributed by atoms with Crippen molar-refractivity contribution in [1.29, 1.82) is 0 Å². The second-order valence-corrected chi connectivity index (χ2v) is 4.48. The number of ether oxygens (including phenoxy) is 1. The summed E-state index contributed by atoms with van der Waals surface area (Å²) in [6.07, 6.45) is 4.27. The largest absolute Gasteiger partial charge is 0.504 e. The molecule has 4 heteroatoms. The number of phenols is 1. The molecule has 17 heavy (non-hydrogen) atoms. The Morgan fingerprint density at radius 2 is 2.29 bits per heavy atom. The highest BCUT2D eigenvalue weighted by atomic mass is 19.1. The predicted octanol–water partition coefficient (Wildman–Crippen LogP) is 2.22. The third-order valence-electron chi connectivity index (χ3n) is 3.18. The van der Waals surface area contributed by atoms with E-state index in [-0.39, 0.29) is 11.5 Å². The molecule has 1 atom stereocenters. The van der Waals surface area contributed by atoms with Gasteiger partial charge in [-0.1, -0.05) is 6.42 Å². The van der Waals surface area contributed by atoms with Gasteiger partial charge in [0.25, 0.3) is 0 Å². The van der Waals surface area contributed by atoms with Gasteiger partial charge in [-0.3, -0.25) is 0 Å². The van der Waals surface area contributed by atoms with Crippen molar-refractivity contribution >= 4 is 0 Å². The van der Waals surface area contributed by atoms with Gasteiger partial charge in [0, 0.05) is 6.04 Å². The molecule has 1 aromatic rings. The van der Waals surface area contributed by atoms with Gasteiger partial charge in [-0.2, -0.15) is 0 Å². The molecule has 1 heterocycles. The standard InChI is InChI=1S/C13H18FNO2/c1-17-13-11(14)7-9(8-12(13)16)6-10-4-2-3-5-15-10/h7-8,10,15-16H,2-6H2,1H3. The average Bonchev–Trinajstić information content (AvgIpc) is 2.30. The molecule has 0 saturated carbocycles. The number of aromatic hydroxyl groups is 1. The molecular formula is C13H18FNO2. The van der Waals surface area contributed by atoms with E-state index in [1.165, 1.54) is 26.0 Å². The molecule has 0 aliphatic carbocycles. The Balaban J connectivity index is 2.10. The number of methoxy groups -OCH3 is 1. The molecule has 0 radical (unpaired) electrons. The van der Waals surface area contributed by atoms with Gasteiger partial charge < -0.3 is 15.2 Å². The van der Waals surface area contributed by atoms with E-state index in [0.717, 1.165) is 24.9 Å². The molecule has 1 saturated heterocycles. The third-order valence-corrected chi connectivity index (χ3v) is 3.18. The second kappa shape index (κ2) is 5.36. The Morgan fingerprint density at radius 3 is 2.88 bits per heavy atom. The van der Waals surface area contributed by atoms with Crippen molar-refractivity contribution < 1.29 is 14.2 Å². The SMILES string of the molecule is COc1c(O)cc(CC2CCCCN2)cc1F. The number of hydrogen-bond acceptors (Lipinski definition) is 3. The van der Waals surface area contributed by atoms with Gasteiger partial charge in [0.05, 0.1) is 7.11 Å². The molecule has 1 aromatic carbocycles.